The number of halogens is 2. The lowest BCUT2D eigenvalue weighted by Crippen LogP contribution is -2.30. The van der Waals surface area contributed by atoms with E-state index in [0.29, 0.717) is 10.6 Å². The molecule has 0 amide bonds. The van der Waals surface area contributed by atoms with Crippen LogP contribution >= 0.6 is 23.2 Å². The molecular formula is C18H21Cl2NO4S. The van der Waals surface area contributed by atoms with Crippen LogP contribution in [0.25, 0.3) is 0 Å². The second-order valence-electron chi connectivity index (χ2n) is 5.88. The van der Waals surface area contributed by atoms with Crippen molar-refractivity contribution in [2.24, 2.45) is 0 Å². The monoisotopic (exact) mass is 417 g/mol. The van der Waals surface area contributed by atoms with Crippen molar-refractivity contribution in [1.82, 2.24) is 4.72 Å². The Kier molecular flexibility index (Phi) is 7.46. The molecule has 0 spiro atoms. The Bertz CT molecular complexity index is 854. The van der Waals surface area contributed by atoms with Crippen molar-refractivity contribution < 1.29 is 18.3 Å². The fourth-order valence-corrected chi connectivity index (χ4v) is 4.21. The summed E-state index contributed by atoms with van der Waals surface area (Å²) in [4.78, 5) is -0.0362. The third-order valence-corrected chi connectivity index (χ3v) is 6.12. The first-order valence-electron chi connectivity index (χ1n) is 7.99. The van der Waals surface area contributed by atoms with Gasteiger partial charge in [0.05, 0.1) is 24.3 Å². The highest BCUT2D eigenvalue weighted by atomic mass is 35.5. The van der Waals surface area contributed by atoms with E-state index in [2.05, 4.69) is 4.72 Å². The molecular weight excluding hydrogens is 397 g/mol. The van der Waals surface area contributed by atoms with Crippen LogP contribution in [-0.4, -0.2) is 33.3 Å². The number of hydrogen-bond donors (Lipinski definition) is 2. The van der Waals surface area contributed by atoms with Gasteiger partial charge in [0.1, 0.15) is 4.90 Å². The average molecular weight is 418 g/mol. The highest BCUT2D eigenvalue weighted by Gasteiger charge is 2.22. The molecule has 5 nitrogen and oxygen atoms in total. The molecule has 1 atom stereocenters. The summed E-state index contributed by atoms with van der Waals surface area (Å²) in [6, 6.07) is 10.4. The molecule has 2 aromatic carbocycles. The smallest absolute Gasteiger partial charge is 0.242 e. The Labute approximate surface area is 164 Å². The van der Waals surface area contributed by atoms with Gasteiger partial charge in [0.2, 0.25) is 10.0 Å². The lowest BCUT2D eigenvalue weighted by molar-refractivity contribution is 0.0309. The fraction of sp³-hybridized carbons (Fsp3) is 0.333. The van der Waals surface area contributed by atoms with Gasteiger partial charge in [-0.05, 0) is 37.1 Å². The molecule has 0 radical (unpaired) electrons. The van der Waals surface area contributed by atoms with Gasteiger partial charge < -0.3 is 9.84 Å². The first kappa shape index (κ1) is 21.2. The maximum atomic E-state index is 12.6. The average Bonchev–Trinajstić information content (AvgIpc) is 2.59. The molecule has 0 aliphatic rings. The zero-order chi connectivity index (χ0) is 19.3. The highest BCUT2D eigenvalue weighted by molar-refractivity contribution is 7.89. The number of nitrogens with one attached hydrogen (secondary N) is 1. The largest absolute Gasteiger partial charge is 0.394 e. The summed E-state index contributed by atoms with van der Waals surface area (Å²) in [6.07, 6.45) is -0.537. The van der Waals surface area contributed by atoms with Gasteiger partial charge in [-0.15, -0.1) is 0 Å². The second-order valence-corrected chi connectivity index (χ2v) is 8.43. The van der Waals surface area contributed by atoms with E-state index in [1.54, 1.807) is 6.92 Å². The number of ether oxygens (including phenoxy) is 1. The molecule has 0 aliphatic heterocycles. The van der Waals surface area contributed by atoms with Gasteiger partial charge in [0.25, 0.3) is 0 Å². The van der Waals surface area contributed by atoms with Crippen LogP contribution < -0.4 is 4.72 Å². The summed E-state index contributed by atoms with van der Waals surface area (Å²) < 4.78 is 33.4. The van der Waals surface area contributed by atoms with Crippen LogP contribution in [0.2, 0.25) is 10.0 Å². The van der Waals surface area contributed by atoms with Crippen molar-refractivity contribution in [3.05, 3.63) is 63.1 Å². The predicted octanol–water partition coefficient (Wildman–Crippen LogP) is 3.64. The first-order chi connectivity index (χ1) is 12.2. The number of hydrogen-bond acceptors (Lipinski definition) is 4. The van der Waals surface area contributed by atoms with Gasteiger partial charge in [-0.3, -0.25) is 0 Å². The van der Waals surface area contributed by atoms with Crippen molar-refractivity contribution in [3.63, 3.8) is 0 Å². The minimum atomic E-state index is -3.85. The van der Waals surface area contributed by atoms with Gasteiger partial charge in [-0.2, -0.15) is 0 Å². The third-order valence-electron chi connectivity index (χ3n) is 3.82. The fourth-order valence-electron chi connectivity index (χ4n) is 2.35. The van der Waals surface area contributed by atoms with Crippen molar-refractivity contribution >= 4 is 33.2 Å². The number of aliphatic hydroxyl groups excluding tert-OH is 1. The van der Waals surface area contributed by atoms with E-state index in [-0.39, 0.29) is 29.7 Å². The van der Waals surface area contributed by atoms with Crippen LogP contribution in [0.3, 0.4) is 0 Å². The molecule has 0 fully saturated rings. The topological polar surface area (TPSA) is 75.6 Å². The van der Waals surface area contributed by atoms with Gasteiger partial charge in [0, 0.05) is 11.6 Å². The van der Waals surface area contributed by atoms with Crippen LogP contribution in [0, 0.1) is 13.8 Å². The van der Waals surface area contributed by atoms with Gasteiger partial charge in [0.15, 0.2) is 0 Å². The van der Waals surface area contributed by atoms with E-state index in [9.17, 15) is 8.42 Å². The van der Waals surface area contributed by atoms with Crippen molar-refractivity contribution in [3.8, 4) is 0 Å². The maximum Gasteiger partial charge on any atom is 0.242 e. The third kappa shape index (κ3) is 5.42. The lowest BCUT2D eigenvalue weighted by atomic mass is 10.1. The van der Waals surface area contributed by atoms with Crippen molar-refractivity contribution in [2.75, 3.05) is 19.8 Å². The minimum Gasteiger partial charge on any atom is -0.394 e. The van der Waals surface area contributed by atoms with E-state index >= 15 is 0 Å². The Balaban J connectivity index is 2.21. The number of rotatable bonds is 8. The molecule has 8 heteroatoms. The SMILES string of the molecule is Cc1ccc(C(CNS(=O)(=O)c2cc(C)c(Cl)cc2Cl)OCCO)cc1. The van der Waals surface area contributed by atoms with Crippen LogP contribution in [0.5, 0.6) is 0 Å². The van der Waals surface area contributed by atoms with E-state index in [0.717, 1.165) is 11.1 Å². The lowest BCUT2D eigenvalue weighted by Gasteiger charge is -2.19. The van der Waals surface area contributed by atoms with Crippen LogP contribution in [-0.2, 0) is 14.8 Å². The van der Waals surface area contributed by atoms with E-state index < -0.39 is 16.1 Å². The summed E-state index contributed by atoms with van der Waals surface area (Å²) in [5, 5.41) is 9.46. The summed E-state index contributed by atoms with van der Waals surface area (Å²) >= 11 is 12.0. The van der Waals surface area contributed by atoms with Crippen LogP contribution in [0.1, 0.15) is 22.8 Å². The molecule has 142 valence electrons. The van der Waals surface area contributed by atoms with Crippen LogP contribution in [0.4, 0.5) is 0 Å². The second kappa shape index (κ2) is 9.17. The van der Waals surface area contributed by atoms with Gasteiger partial charge in [-0.25, -0.2) is 13.1 Å². The van der Waals surface area contributed by atoms with E-state index in [1.165, 1.54) is 12.1 Å². The van der Waals surface area contributed by atoms with Gasteiger partial charge in [-0.1, -0.05) is 53.0 Å². The molecule has 0 saturated carbocycles. The summed E-state index contributed by atoms with van der Waals surface area (Å²) in [6.45, 7) is 3.61. The number of sulfonamides is 1. The standard InChI is InChI=1S/C18H21Cl2NO4S/c1-12-3-5-14(6-4-12)17(25-8-7-22)11-21-26(23,24)18-9-13(2)15(19)10-16(18)20/h3-6,9-10,17,21-22H,7-8,11H2,1-2H3. The predicted molar refractivity (Wildman–Crippen MR) is 103 cm³/mol. The summed E-state index contributed by atoms with van der Waals surface area (Å²) in [5.74, 6) is 0. The van der Waals surface area contributed by atoms with Crippen molar-refractivity contribution in [2.45, 2.75) is 24.8 Å². The van der Waals surface area contributed by atoms with E-state index in [1.807, 2.05) is 31.2 Å². The molecule has 2 aromatic rings. The summed E-state index contributed by atoms with van der Waals surface area (Å²) in [5.41, 5.74) is 2.51. The Morgan fingerprint density at radius 3 is 2.38 bits per heavy atom. The molecule has 0 aromatic heterocycles. The number of aliphatic hydroxyl groups is 1. The molecule has 0 heterocycles. The summed E-state index contributed by atoms with van der Waals surface area (Å²) in [7, 11) is -3.85. The Hall–Kier alpha value is -1.15. The number of aryl methyl sites for hydroxylation is 2. The quantitative estimate of drug-likeness (QED) is 0.687. The molecule has 0 saturated heterocycles. The molecule has 26 heavy (non-hydrogen) atoms. The Morgan fingerprint density at radius 1 is 1.12 bits per heavy atom. The maximum absolute atomic E-state index is 12.6. The molecule has 2 N–H and O–H groups in total. The van der Waals surface area contributed by atoms with Crippen molar-refractivity contribution in [1.29, 1.82) is 0 Å². The molecule has 0 bridgehead atoms. The molecule has 0 aliphatic carbocycles. The van der Waals surface area contributed by atoms with Crippen LogP contribution in [0.15, 0.2) is 41.3 Å². The minimum absolute atomic E-state index is 0.00337. The van der Waals surface area contributed by atoms with Gasteiger partial charge >= 0.3 is 0 Å². The highest BCUT2D eigenvalue weighted by Crippen LogP contribution is 2.28. The van der Waals surface area contributed by atoms with E-state index in [4.69, 9.17) is 33.0 Å². The normalized spacial score (nSPS) is 13.0. The zero-order valence-corrected chi connectivity index (χ0v) is 16.8. The molecule has 1 unspecified atom stereocenters. The zero-order valence-electron chi connectivity index (χ0n) is 14.5. The Morgan fingerprint density at radius 2 is 1.77 bits per heavy atom. The first-order valence-corrected chi connectivity index (χ1v) is 10.2. The number of benzene rings is 2. The molecule has 2 rings (SSSR count).